The van der Waals surface area contributed by atoms with Crippen LogP contribution in [0.2, 0.25) is 0 Å². The summed E-state index contributed by atoms with van der Waals surface area (Å²) >= 11 is 0. The molecule has 3 rings (SSSR count). The first-order valence-corrected chi connectivity index (χ1v) is 7.03. The van der Waals surface area contributed by atoms with Crippen LogP contribution in [0.15, 0.2) is 35.1 Å². The standard InChI is InChI=1S/C16H18N2O2/c1-20-13-8-6-12(7-9-13)14-11-16(19)18-10-4-2-3-5-15(18)17-14/h6-9,11H,2-5,10H2,1H3. The largest absolute Gasteiger partial charge is 0.497 e. The number of nitrogens with zero attached hydrogens (tertiary/aromatic N) is 2. The van der Waals surface area contributed by atoms with Crippen molar-refractivity contribution in [1.29, 1.82) is 0 Å². The topological polar surface area (TPSA) is 44.1 Å². The summed E-state index contributed by atoms with van der Waals surface area (Å²) in [6, 6.07) is 9.29. The Morgan fingerprint density at radius 2 is 1.95 bits per heavy atom. The lowest BCUT2D eigenvalue weighted by molar-refractivity contribution is 0.415. The van der Waals surface area contributed by atoms with Crippen molar-refractivity contribution in [3.8, 4) is 17.0 Å². The molecule has 0 saturated heterocycles. The minimum atomic E-state index is 0.0581. The molecule has 2 heterocycles. The van der Waals surface area contributed by atoms with E-state index in [9.17, 15) is 4.79 Å². The van der Waals surface area contributed by atoms with E-state index >= 15 is 0 Å². The minimum Gasteiger partial charge on any atom is -0.497 e. The number of hydrogen-bond donors (Lipinski definition) is 0. The molecule has 0 amide bonds. The van der Waals surface area contributed by atoms with Crippen LogP contribution in [0.3, 0.4) is 0 Å². The van der Waals surface area contributed by atoms with E-state index in [-0.39, 0.29) is 5.56 Å². The number of ether oxygens (including phenoxy) is 1. The van der Waals surface area contributed by atoms with Gasteiger partial charge >= 0.3 is 0 Å². The lowest BCUT2D eigenvalue weighted by Crippen LogP contribution is -2.23. The van der Waals surface area contributed by atoms with Gasteiger partial charge in [-0.1, -0.05) is 6.42 Å². The summed E-state index contributed by atoms with van der Waals surface area (Å²) in [7, 11) is 1.64. The molecule has 0 unspecified atom stereocenters. The molecule has 4 heteroatoms. The number of methoxy groups -OCH3 is 1. The van der Waals surface area contributed by atoms with E-state index in [1.807, 2.05) is 28.8 Å². The van der Waals surface area contributed by atoms with Crippen LogP contribution in [-0.4, -0.2) is 16.7 Å². The first kappa shape index (κ1) is 12.9. The molecule has 0 radical (unpaired) electrons. The fourth-order valence-corrected chi connectivity index (χ4v) is 2.62. The molecule has 1 aliphatic heterocycles. The predicted octanol–water partition coefficient (Wildman–Crippen LogP) is 2.65. The van der Waals surface area contributed by atoms with Gasteiger partial charge in [0.05, 0.1) is 12.8 Å². The molecule has 0 N–H and O–H groups in total. The molecule has 1 aromatic carbocycles. The number of aryl methyl sites for hydroxylation is 1. The Morgan fingerprint density at radius 3 is 2.70 bits per heavy atom. The van der Waals surface area contributed by atoms with Crippen LogP contribution >= 0.6 is 0 Å². The van der Waals surface area contributed by atoms with Gasteiger partial charge in [-0.15, -0.1) is 0 Å². The van der Waals surface area contributed by atoms with Crippen LogP contribution in [0.4, 0.5) is 0 Å². The summed E-state index contributed by atoms with van der Waals surface area (Å²) in [4.78, 5) is 16.9. The second kappa shape index (κ2) is 5.49. The summed E-state index contributed by atoms with van der Waals surface area (Å²) in [6.07, 6.45) is 4.23. The van der Waals surface area contributed by atoms with Gasteiger partial charge < -0.3 is 4.74 Å². The highest BCUT2D eigenvalue weighted by Crippen LogP contribution is 2.21. The van der Waals surface area contributed by atoms with E-state index in [1.165, 1.54) is 6.42 Å². The number of hydrogen-bond acceptors (Lipinski definition) is 3. The quantitative estimate of drug-likeness (QED) is 0.842. The fraction of sp³-hybridized carbons (Fsp3) is 0.375. The van der Waals surface area contributed by atoms with E-state index in [0.717, 1.165) is 48.6 Å². The Bertz CT molecular complexity index is 659. The van der Waals surface area contributed by atoms with Crippen molar-refractivity contribution in [2.75, 3.05) is 7.11 Å². The first-order chi connectivity index (χ1) is 9.78. The SMILES string of the molecule is COc1ccc(-c2cc(=O)n3c(n2)CCCCC3)cc1. The first-order valence-electron chi connectivity index (χ1n) is 7.03. The van der Waals surface area contributed by atoms with Crippen LogP contribution in [0.5, 0.6) is 5.75 Å². The molecule has 0 spiro atoms. The number of fused-ring (bicyclic) bond motifs is 1. The molecule has 1 aromatic heterocycles. The maximum Gasteiger partial charge on any atom is 0.254 e. The van der Waals surface area contributed by atoms with Gasteiger partial charge in [0, 0.05) is 24.6 Å². The van der Waals surface area contributed by atoms with Gasteiger partial charge in [-0.2, -0.15) is 0 Å². The number of rotatable bonds is 2. The molecular formula is C16H18N2O2. The summed E-state index contributed by atoms with van der Waals surface area (Å²) < 4.78 is 6.97. The fourth-order valence-electron chi connectivity index (χ4n) is 2.62. The maximum absolute atomic E-state index is 12.2. The van der Waals surface area contributed by atoms with Crippen LogP contribution in [0.25, 0.3) is 11.3 Å². The molecule has 2 aromatic rings. The van der Waals surface area contributed by atoms with Crippen LogP contribution < -0.4 is 10.3 Å². The third kappa shape index (κ3) is 2.46. The van der Waals surface area contributed by atoms with Crippen molar-refractivity contribution >= 4 is 0 Å². The van der Waals surface area contributed by atoms with Gasteiger partial charge in [0.25, 0.3) is 5.56 Å². The van der Waals surface area contributed by atoms with E-state index in [4.69, 9.17) is 4.74 Å². The van der Waals surface area contributed by atoms with Crippen LogP contribution in [0, 0.1) is 0 Å². The molecule has 20 heavy (non-hydrogen) atoms. The number of aromatic nitrogens is 2. The Balaban J connectivity index is 2.03. The maximum atomic E-state index is 12.2. The lowest BCUT2D eigenvalue weighted by atomic mass is 10.1. The zero-order valence-electron chi connectivity index (χ0n) is 11.6. The summed E-state index contributed by atoms with van der Waals surface area (Å²) in [6.45, 7) is 0.796. The molecule has 0 bridgehead atoms. The van der Waals surface area contributed by atoms with Crippen molar-refractivity contribution in [2.24, 2.45) is 0 Å². The summed E-state index contributed by atoms with van der Waals surface area (Å²) in [5, 5.41) is 0. The monoisotopic (exact) mass is 270 g/mol. The van der Waals surface area contributed by atoms with Gasteiger partial charge in [-0.3, -0.25) is 9.36 Å². The molecular weight excluding hydrogens is 252 g/mol. The van der Waals surface area contributed by atoms with Crippen molar-refractivity contribution in [3.63, 3.8) is 0 Å². The van der Waals surface area contributed by atoms with E-state index in [2.05, 4.69) is 4.98 Å². The highest BCUT2D eigenvalue weighted by molar-refractivity contribution is 5.59. The molecule has 0 atom stereocenters. The average molecular weight is 270 g/mol. The lowest BCUT2D eigenvalue weighted by Gasteiger charge is -2.10. The zero-order chi connectivity index (χ0) is 13.9. The van der Waals surface area contributed by atoms with Crippen molar-refractivity contribution in [3.05, 3.63) is 46.5 Å². The van der Waals surface area contributed by atoms with E-state index < -0.39 is 0 Å². The Hall–Kier alpha value is -2.10. The summed E-state index contributed by atoms with van der Waals surface area (Å²) in [5.41, 5.74) is 1.77. The zero-order valence-corrected chi connectivity index (χ0v) is 11.6. The predicted molar refractivity (Wildman–Crippen MR) is 78.0 cm³/mol. The van der Waals surface area contributed by atoms with Gasteiger partial charge in [0.15, 0.2) is 0 Å². The highest BCUT2D eigenvalue weighted by Gasteiger charge is 2.12. The molecule has 0 fully saturated rings. The molecule has 0 aliphatic carbocycles. The second-order valence-electron chi connectivity index (χ2n) is 5.09. The molecule has 4 nitrogen and oxygen atoms in total. The second-order valence-corrected chi connectivity index (χ2v) is 5.09. The van der Waals surface area contributed by atoms with Crippen LogP contribution in [-0.2, 0) is 13.0 Å². The van der Waals surface area contributed by atoms with Gasteiger partial charge in [0.1, 0.15) is 11.6 Å². The average Bonchev–Trinajstić information content (AvgIpc) is 2.73. The van der Waals surface area contributed by atoms with Crippen molar-refractivity contribution in [2.45, 2.75) is 32.2 Å². The minimum absolute atomic E-state index is 0.0581. The summed E-state index contributed by atoms with van der Waals surface area (Å²) in [5.74, 6) is 1.72. The van der Waals surface area contributed by atoms with Crippen molar-refractivity contribution < 1.29 is 4.74 Å². The third-order valence-corrected chi connectivity index (χ3v) is 3.76. The highest BCUT2D eigenvalue weighted by atomic mass is 16.5. The Labute approximate surface area is 118 Å². The van der Waals surface area contributed by atoms with Gasteiger partial charge in [-0.05, 0) is 37.1 Å². The van der Waals surface area contributed by atoms with Gasteiger partial charge in [-0.25, -0.2) is 4.98 Å². The smallest absolute Gasteiger partial charge is 0.254 e. The van der Waals surface area contributed by atoms with Gasteiger partial charge in [0.2, 0.25) is 0 Å². The Morgan fingerprint density at radius 1 is 1.15 bits per heavy atom. The normalized spacial score (nSPS) is 14.4. The molecule has 104 valence electrons. The van der Waals surface area contributed by atoms with E-state index in [1.54, 1.807) is 13.2 Å². The van der Waals surface area contributed by atoms with Crippen molar-refractivity contribution in [1.82, 2.24) is 9.55 Å². The Kier molecular flexibility index (Phi) is 3.54. The van der Waals surface area contributed by atoms with E-state index in [0.29, 0.717) is 0 Å². The van der Waals surface area contributed by atoms with Crippen LogP contribution in [0.1, 0.15) is 25.1 Å². The molecule has 1 aliphatic rings. The number of benzene rings is 1. The third-order valence-electron chi connectivity index (χ3n) is 3.76. The molecule has 0 saturated carbocycles.